The molecular formula is C43H40N6O8S2. The average molecular weight is 833 g/mol. The number of hydrogen-bond donors (Lipinski definition) is 3. The van der Waals surface area contributed by atoms with Crippen LogP contribution in [0.25, 0.3) is 22.4 Å². The maximum absolute atomic E-state index is 12.9. The second-order valence-electron chi connectivity index (χ2n) is 13.2. The van der Waals surface area contributed by atoms with E-state index in [1.165, 1.54) is 72.4 Å². The summed E-state index contributed by atoms with van der Waals surface area (Å²) in [5.74, 6) is -0.166. The van der Waals surface area contributed by atoms with Gasteiger partial charge in [-0.05, 0) is 66.3 Å². The maximum atomic E-state index is 12.9. The van der Waals surface area contributed by atoms with Crippen molar-refractivity contribution in [1.82, 2.24) is 20.0 Å². The molecule has 0 bridgehead atoms. The van der Waals surface area contributed by atoms with Crippen molar-refractivity contribution in [3.63, 3.8) is 0 Å². The Labute approximate surface area is 342 Å². The quantitative estimate of drug-likeness (QED) is 0.0333. The molecule has 6 rings (SSSR count). The Hall–Kier alpha value is -6.59. The Bertz CT molecular complexity index is 2570. The van der Waals surface area contributed by atoms with E-state index in [4.69, 9.17) is 9.72 Å². The number of carbonyl (C=O) groups is 2. The van der Waals surface area contributed by atoms with Crippen molar-refractivity contribution >= 4 is 44.0 Å². The molecule has 0 aliphatic heterocycles. The van der Waals surface area contributed by atoms with Crippen LogP contribution in [0, 0.1) is 0 Å². The summed E-state index contributed by atoms with van der Waals surface area (Å²) in [5.41, 5.74) is 6.15. The smallest absolute Gasteiger partial charge is 0.264 e. The highest BCUT2D eigenvalue weighted by atomic mass is 32.2. The fraction of sp³-hybridized carbons (Fsp3) is 0.140. The minimum Gasteiger partial charge on any atom is -0.744 e. The number of nitrogens with two attached hydrogens (primary N) is 1. The third-order valence-corrected chi connectivity index (χ3v) is 11.2. The second-order valence-corrected chi connectivity index (χ2v) is 16.2. The topological polar surface area (TPSA) is 214 Å². The van der Waals surface area contributed by atoms with E-state index >= 15 is 0 Å². The molecule has 2 heterocycles. The molecule has 59 heavy (non-hydrogen) atoms. The van der Waals surface area contributed by atoms with E-state index in [9.17, 15) is 31.0 Å². The Morgan fingerprint density at radius 2 is 1.46 bits per heavy atom. The number of rotatable bonds is 18. The number of quaternary nitrogens is 1. The summed E-state index contributed by atoms with van der Waals surface area (Å²) in [6.07, 6.45) is 4.33. The highest BCUT2D eigenvalue weighted by Crippen LogP contribution is 2.29. The lowest BCUT2D eigenvalue weighted by Crippen LogP contribution is -2.71. The molecule has 0 saturated heterocycles. The molecule has 6 aromatic rings. The van der Waals surface area contributed by atoms with E-state index in [1.54, 1.807) is 6.07 Å². The Morgan fingerprint density at radius 1 is 0.763 bits per heavy atom. The van der Waals surface area contributed by atoms with Crippen molar-refractivity contribution < 1.29 is 41.1 Å². The minimum absolute atomic E-state index is 0.0216. The molecule has 2 amide bonds. The van der Waals surface area contributed by atoms with Gasteiger partial charge in [-0.2, -0.15) is 5.43 Å². The summed E-state index contributed by atoms with van der Waals surface area (Å²) < 4.78 is 68.3. The Kier molecular flexibility index (Phi) is 14.0. The summed E-state index contributed by atoms with van der Waals surface area (Å²) in [6, 6.07) is 38.3. The molecule has 14 nitrogen and oxygen atoms in total. The second kappa shape index (κ2) is 19.7. The lowest BCUT2D eigenvalue weighted by Gasteiger charge is -2.11. The number of unbranched alkanes of at least 4 members (excludes halogenated alkanes) is 2. The first-order chi connectivity index (χ1) is 28.4. The molecule has 0 saturated carbocycles. The molecule has 0 radical (unpaired) electrons. The van der Waals surface area contributed by atoms with Gasteiger partial charge in [0.2, 0.25) is 11.8 Å². The van der Waals surface area contributed by atoms with Gasteiger partial charge in [-0.3, -0.25) is 9.59 Å². The van der Waals surface area contributed by atoms with Crippen LogP contribution in [-0.4, -0.2) is 56.0 Å². The molecule has 0 unspecified atom stereocenters. The van der Waals surface area contributed by atoms with E-state index in [2.05, 4.69) is 20.1 Å². The molecule has 0 spiro atoms. The molecule has 302 valence electrons. The van der Waals surface area contributed by atoms with Gasteiger partial charge in [0.05, 0.1) is 33.9 Å². The van der Waals surface area contributed by atoms with Crippen LogP contribution in [0.3, 0.4) is 0 Å². The van der Waals surface area contributed by atoms with Gasteiger partial charge in [0, 0.05) is 42.4 Å². The number of pyridine rings is 2. The van der Waals surface area contributed by atoms with Crippen LogP contribution in [0.1, 0.15) is 47.2 Å². The third-order valence-electron chi connectivity index (χ3n) is 8.87. The van der Waals surface area contributed by atoms with E-state index in [0.717, 1.165) is 22.4 Å². The molecule has 16 heteroatoms. The minimum atomic E-state index is -4.67. The first-order valence-electron chi connectivity index (χ1n) is 18.5. The predicted molar refractivity (Wildman–Crippen MR) is 220 cm³/mol. The Morgan fingerprint density at radius 3 is 2.15 bits per heavy atom. The molecule has 0 aliphatic carbocycles. The third kappa shape index (κ3) is 12.2. The summed E-state index contributed by atoms with van der Waals surface area (Å²) in [7, 11) is -8.77. The van der Waals surface area contributed by atoms with Gasteiger partial charge in [-0.1, -0.05) is 96.1 Å². The van der Waals surface area contributed by atoms with E-state index < -0.39 is 32.0 Å². The van der Waals surface area contributed by atoms with Crippen LogP contribution >= 0.6 is 0 Å². The monoisotopic (exact) mass is 832 g/mol. The SMILES string of the molecule is O=C(CCCCCOc1cc(-c2ccccc2)cc(-c2ccccc2)n1)NS(=O)(=O)c1ccc(CNC(=O)c2ccc([NH2+]/N=C/c3ccccc3S(=O)(=O)[O-])nc2)cc1. The zero-order valence-corrected chi connectivity index (χ0v) is 33.2. The first-order valence-corrected chi connectivity index (χ1v) is 21.4. The standard InChI is InChI=1S/C43H40N6O8S2/c50-41(18-8-3-11-25-57-42-27-36(32-12-4-1-5-13-32)26-38(47-42)33-14-6-2-7-15-33)49-58(52,53)37-22-19-31(20-23-37)28-45-43(51)35-21-24-40(44-29-35)48-46-30-34-16-9-10-17-39(34)59(54,55)56/h1-2,4-7,9-10,12-17,19-24,26-27,29-30H,3,8,11,18,25,28H2,(H,44,48)(H,45,51)(H,49,50)(H,54,55,56)/b46-30+. The van der Waals surface area contributed by atoms with Crippen molar-refractivity contribution in [3.8, 4) is 28.3 Å². The van der Waals surface area contributed by atoms with Crippen molar-refractivity contribution in [1.29, 1.82) is 0 Å². The van der Waals surface area contributed by atoms with Crippen molar-refractivity contribution in [2.45, 2.75) is 42.0 Å². The zero-order chi connectivity index (χ0) is 41.7. The first kappa shape index (κ1) is 42.0. The van der Waals surface area contributed by atoms with Crippen molar-refractivity contribution in [2.75, 3.05) is 6.61 Å². The van der Waals surface area contributed by atoms with Gasteiger partial charge in [0.15, 0.2) is 0 Å². The largest absolute Gasteiger partial charge is 0.744 e. The number of ether oxygens (including phenoxy) is 1. The molecule has 4 N–H and O–H groups in total. The highest BCUT2D eigenvalue weighted by molar-refractivity contribution is 7.90. The van der Waals surface area contributed by atoms with Gasteiger partial charge in [0.1, 0.15) is 10.1 Å². The van der Waals surface area contributed by atoms with Gasteiger partial charge >= 0.3 is 0 Å². The van der Waals surface area contributed by atoms with Crippen LogP contribution < -0.4 is 20.2 Å². The molecule has 4 aromatic carbocycles. The fourth-order valence-electron chi connectivity index (χ4n) is 5.83. The maximum Gasteiger partial charge on any atom is 0.264 e. The lowest BCUT2D eigenvalue weighted by atomic mass is 10.0. The van der Waals surface area contributed by atoms with Gasteiger partial charge in [0.25, 0.3) is 21.7 Å². The van der Waals surface area contributed by atoms with E-state index in [-0.39, 0.29) is 33.9 Å². The van der Waals surface area contributed by atoms with Gasteiger partial charge < -0.3 is 14.6 Å². The van der Waals surface area contributed by atoms with Crippen LogP contribution in [0.5, 0.6) is 5.88 Å². The van der Waals surface area contributed by atoms with Crippen molar-refractivity contribution in [3.05, 3.63) is 156 Å². The Balaban J connectivity index is 0.914. The number of aromatic nitrogens is 2. The molecular weight excluding hydrogens is 793 g/mol. The number of amides is 2. The van der Waals surface area contributed by atoms with Crippen LogP contribution in [-0.2, 0) is 31.5 Å². The number of hydrogen-bond acceptors (Lipinski definition) is 11. The summed E-state index contributed by atoms with van der Waals surface area (Å²) in [4.78, 5) is 33.7. The summed E-state index contributed by atoms with van der Waals surface area (Å²) in [6.45, 7) is 0.474. The number of carbonyl (C=O) groups excluding carboxylic acids is 2. The fourth-order valence-corrected chi connectivity index (χ4v) is 7.50. The van der Waals surface area contributed by atoms with Crippen LogP contribution in [0.2, 0.25) is 0 Å². The van der Waals surface area contributed by atoms with Crippen LogP contribution in [0.4, 0.5) is 5.82 Å². The lowest BCUT2D eigenvalue weighted by molar-refractivity contribution is -0.580. The normalized spacial score (nSPS) is 11.6. The number of nitrogens with one attached hydrogen (secondary N) is 2. The van der Waals surface area contributed by atoms with Gasteiger partial charge in [-0.25, -0.2) is 31.5 Å². The molecule has 0 atom stereocenters. The van der Waals surface area contributed by atoms with Crippen molar-refractivity contribution in [2.24, 2.45) is 5.10 Å². The molecule has 0 fully saturated rings. The van der Waals surface area contributed by atoms with E-state index in [0.29, 0.717) is 43.1 Å². The summed E-state index contributed by atoms with van der Waals surface area (Å²) in [5, 5.41) is 6.78. The highest BCUT2D eigenvalue weighted by Gasteiger charge is 2.18. The predicted octanol–water partition coefficient (Wildman–Crippen LogP) is 5.32. The van der Waals surface area contributed by atoms with E-state index in [1.807, 2.05) is 72.8 Å². The average Bonchev–Trinajstić information content (AvgIpc) is 3.24. The van der Waals surface area contributed by atoms with Gasteiger partial charge in [-0.15, -0.1) is 0 Å². The van der Waals surface area contributed by atoms with Crippen LogP contribution in [0.15, 0.2) is 155 Å². The number of sulfonamides is 1. The zero-order valence-electron chi connectivity index (χ0n) is 31.6. The number of benzene rings is 4. The molecule has 2 aromatic heterocycles. The summed E-state index contributed by atoms with van der Waals surface area (Å²) >= 11 is 0. The molecule has 0 aliphatic rings. The number of nitrogens with zero attached hydrogens (tertiary/aromatic N) is 3.